The van der Waals surface area contributed by atoms with Crippen molar-refractivity contribution in [3.05, 3.63) is 29.1 Å². The van der Waals surface area contributed by atoms with Crippen molar-refractivity contribution in [2.24, 2.45) is 0 Å². The zero-order valence-electron chi connectivity index (χ0n) is 13.4. The van der Waals surface area contributed by atoms with E-state index in [4.69, 9.17) is 4.52 Å². The second-order valence-corrected chi connectivity index (χ2v) is 6.64. The van der Waals surface area contributed by atoms with Gasteiger partial charge in [0.2, 0.25) is 5.91 Å². The topological polar surface area (TPSA) is 74.5 Å². The van der Waals surface area contributed by atoms with Crippen molar-refractivity contribution in [2.75, 3.05) is 31.5 Å². The van der Waals surface area contributed by atoms with Crippen molar-refractivity contribution in [3.63, 3.8) is 0 Å². The van der Waals surface area contributed by atoms with Gasteiger partial charge in [-0.1, -0.05) is 5.16 Å². The van der Waals surface area contributed by atoms with Crippen molar-refractivity contribution in [1.82, 2.24) is 19.9 Å². The van der Waals surface area contributed by atoms with Crippen LogP contribution in [-0.4, -0.2) is 58.1 Å². The summed E-state index contributed by atoms with van der Waals surface area (Å²) in [6.45, 7) is 8.18. The molecule has 0 aliphatic carbocycles. The predicted octanol–water partition coefficient (Wildman–Crippen LogP) is 1.58. The number of nitrogens with one attached hydrogen (secondary N) is 1. The van der Waals surface area contributed by atoms with Crippen molar-refractivity contribution in [2.45, 2.75) is 26.4 Å². The fourth-order valence-corrected chi connectivity index (χ4v) is 3.21. The first kappa shape index (κ1) is 16.1. The van der Waals surface area contributed by atoms with Crippen LogP contribution in [0.25, 0.3) is 0 Å². The van der Waals surface area contributed by atoms with Crippen LogP contribution < -0.4 is 5.32 Å². The van der Waals surface area contributed by atoms with Crippen LogP contribution in [0.2, 0.25) is 0 Å². The van der Waals surface area contributed by atoms with E-state index in [1.165, 1.54) is 11.3 Å². The van der Waals surface area contributed by atoms with Gasteiger partial charge in [0.15, 0.2) is 10.9 Å². The first-order valence-corrected chi connectivity index (χ1v) is 8.59. The summed E-state index contributed by atoms with van der Waals surface area (Å²) in [4.78, 5) is 20.9. The maximum Gasteiger partial charge on any atom is 0.243 e. The van der Waals surface area contributed by atoms with Gasteiger partial charge in [-0.05, 0) is 13.8 Å². The Morgan fingerprint density at radius 1 is 1.43 bits per heavy atom. The van der Waals surface area contributed by atoms with Crippen molar-refractivity contribution in [1.29, 1.82) is 0 Å². The Morgan fingerprint density at radius 2 is 2.22 bits per heavy atom. The summed E-state index contributed by atoms with van der Waals surface area (Å²) in [7, 11) is 0. The summed E-state index contributed by atoms with van der Waals surface area (Å²) in [5.74, 6) is 0.893. The lowest BCUT2D eigenvalue weighted by molar-refractivity contribution is -0.121. The number of piperazine rings is 1. The highest BCUT2D eigenvalue weighted by Gasteiger charge is 2.26. The largest absolute Gasteiger partial charge is 0.360 e. The van der Waals surface area contributed by atoms with E-state index in [1.54, 1.807) is 6.20 Å². The maximum atomic E-state index is 12.3. The number of hydrogen-bond donors (Lipinski definition) is 1. The number of thiazole rings is 1. The van der Waals surface area contributed by atoms with Gasteiger partial charge in [-0.3, -0.25) is 14.6 Å². The highest BCUT2D eigenvalue weighted by molar-refractivity contribution is 7.13. The third-order valence-electron chi connectivity index (χ3n) is 4.05. The summed E-state index contributed by atoms with van der Waals surface area (Å²) < 4.78 is 5.26. The summed E-state index contributed by atoms with van der Waals surface area (Å²) in [5.41, 5.74) is 0.908. The molecule has 3 heterocycles. The molecule has 7 nitrogen and oxygen atoms in total. The SMILES string of the molecule is Cc1cc(CN2CCN([C@@H](C)C(=O)Nc3nccs3)CC2)on1. The second kappa shape index (κ2) is 7.20. The quantitative estimate of drug-likeness (QED) is 0.894. The van der Waals surface area contributed by atoms with Crippen LogP contribution in [0, 0.1) is 6.92 Å². The zero-order valence-corrected chi connectivity index (χ0v) is 14.2. The zero-order chi connectivity index (χ0) is 16.2. The summed E-state index contributed by atoms with van der Waals surface area (Å²) in [6.07, 6.45) is 1.69. The molecule has 3 rings (SSSR count). The van der Waals surface area contributed by atoms with Crippen LogP contribution in [0.4, 0.5) is 5.13 Å². The van der Waals surface area contributed by atoms with Gasteiger partial charge in [-0.15, -0.1) is 11.3 Å². The molecule has 1 amide bonds. The van der Waals surface area contributed by atoms with Crippen LogP contribution in [-0.2, 0) is 11.3 Å². The van der Waals surface area contributed by atoms with Gasteiger partial charge < -0.3 is 9.84 Å². The van der Waals surface area contributed by atoms with Crippen LogP contribution >= 0.6 is 11.3 Å². The number of rotatable bonds is 5. The average Bonchev–Trinajstić information content (AvgIpc) is 3.19. The molecule has 2 aromatic heterocycles. The lowest BCUT2D eigenvalue weighted by Crippen LogP contribution is -2.52. The van der Waals surface area contributed by atoms with Gasteiger partial charge in [-0.25, -0.2) is 4.98 Å². The van der Waals surface area contributed by atoms with E-state index in [-0.39, 0.29) is 11.9 Å². The molecule has 23 heavy (non-hydrogen) atoms. The van der Waals surface area contributed by atoms with Gasteiger partial charge in [0, 0.05) is 43.8 Å². The van der Waals surface area contributed by atoms with Gasteiger partial charge in [0.05, 0.1) is 18.3 Å². The van der Waals surface area contributed by atoms with Crippen LogP contribution in [0.5, 0.6) is 0 Å². The number of carbonyl (C=O) groups excluding carboxylic acids is 1. The summed E-state index contributed by atoms with van der Waals surface area (Å²) >= 11 is 1.43. The first-order valence-electron chi connectivity index (χ1n) is 7.71. The maximum absolute atomic E-state index is 12.3. The van der Waals surface area contributed by atoms with Gasteiger partial charge in [-0.2, -0.15) is 0 Å². The molecule has 124 valence electrons. The van der Waals surface area contributed by atoms with Crippen molar-refractivity contribution in [3.8, 4) is 0 Å². The van der Waals surface area contributed by atoms with E-state index < -0.39 is 0 Å². The molecule has 1 aliphatic rings. The Balaban J connectivity index is 1.47. The lowest BCUT2D eigenvalue weighted by Gasteiger charge is -2.36. The Kier molecular flexibility index (Phi) is 5.04. The highest BCUT2D eigenvalue weighted by atomic mass is 32.1. The molecular weight excluding hydrogens is 314 g/mol. The molecule has 0 bridgehead atoms. The van der Waals surface area contributed by atoms with Gasteiger partial charge in [0.25, 0.3) is 0 Å². The summed E-state index contributed by atoms with van der Waals surface area (Å²) in [5, 5.41) is 9.28. The lowest BCUT2D eigenvalue weighted by atomic mass is 10.2. The third kappa shape index (κ3) is 4.15. The molecule has 0 saturated carbocycles. The number of hydrogen-bond acceptors (Lipinski definition) is 7. The Hall–Kier alpha value is -1.77. The van der Waals surface area contributed by atoms with Gasteiger partial charge in [0.1, 0.15) is 0 Å². The predicted molar refractivity (Wildman–Crippen MR) is 88.3 cm³/mol. The minimum absolute atomic E-state index is 0.000686. The molecule has 2 aromatic rings. The van der Waals surface area contributed by atoms with E-state index in [0.29, 0.717) is 5.13 Å². The minimum atomic E-state index is -0.159. The Bertz CT molecular complexity index is 634. The van der Waals surface area contributed by atoms with E-state index in [2.05, 4.69) is 25.3 Å². The third-order valence-corrected chi connectivity index (χ3v) is 4.74. The number of aryl methyl sites for hydroxylation is 1. The molecule has 1 aliphatic heterocycles. The molecule has 0 aromatic carbocycles. The highest BCUT2D eigenvalue weighted by Crippen LogP contribution is 2.14. The van der Waals surface area contributed by atoms with E-state index in [1.807, 2.05) is 25.3 Å². The monoisotopic (exact) mass is 335 g/mol. The van der Waals surface area contributed by atoms with Crippen molar-refractivity contribution < 1.29 is 9.32 Å². The fraction of sp³-hybridized carbons (Fsp3) is 0.533. The molecule has 0 unspecified atom stereocenters. The van der Waals surface area contributed by atoms with Crippen LogP contribution in [0.1, 0.15) is 18.4 Å². The second-order valence-electron chi connectivity index (χ2n) is 5.75. The first-order chi connectivity index (χ1) is 11.1. The van der Waals surface area contributed by atoms with Crippen molar-refractivity contribution >= 4 is 22.4 Å². The standard InChI is InChI=1S/C15H21N5O2S/c1-11-9-13(22-18-11)10-19-4-6-20(7-5-19)12(2)14(21)17-15-16-3-8-23-15/h3,8-9,12H,4-7,10H2,1-2H3,(H,16,17,21)/t12-/m0/s1. The molecule has 0 spiro atoms. The number of aromatic nitrogens is 2. The smallest absolute Gasteiger partial charge is 0.243 e. The number of amides is 1. The Morgan fingerprint density at radius 3 is 2.83 bits per heavy atom. The molecule has 1 N–H and O–H groups in total. The molecule has 1 fully saturated rings. The Labute approximate surface area is 139 Å². The minimum Gasteiger partial charge on any atom is -0.360 e. The number of nitrogens with zero attached hydrogens (tertiary/aromatic N) is 4. The van der Waals surface area contributed by atoms with E-state index in [9.17, 15) is 4.79 Å². The molecule has 0 radical (unpaired) electrons. The number of anilines is 1. The molecular formula is C15H21N5O2S. The van der Waals surface area contributed by atoms with Gasteiger partial charge >= 0.3 is 0 Å². The fourth-order valence-electron chi connectivity index (χ4n) is 2.68. The molecule has 8 heteroatoms. The van der Waals surface area contributed by atoms with E-state index in [0.717, 1.165) is 44.2 Å². The molecule has 1 atom stereocenters. The number of carbonyl (C=O) groups is 1. The summed E-state index contributed by atoms with van der Waals surface area (Å²) in [6, 6.07) is 1.81. The average molecular weight is 335 g/mol. The van der Waals surface area contributed by atoms with Crippen LogP contribution in [0.3, 0.4) is 0 Å². The van der Waals surface area contributed by atoms with Crippen LogP contribution in [0.15, 0.2) is 22.2 Å². The molecule has 1 saturated heterocycles. The normalized spacial score (nSPS) is 18.0. The van der Waals surface area contributed by atoms with E-state index >= 15 is 0 Å².